The van der Waals surface area contributed by atoms with E-state index in [1.165, 1.54) is 36.6 Å². The average Bonchev–Trinajstić information content (AvgIpc) is 3.38. The SMILES string of the molecule is CC(C)[C@H](NC(=O)c1ccco1)C(=O)NCCN1C(=O)S/C(=C\c2ccccc2F)C1=O. The number of carbonyl (C=O) groups excluding carboxylic acids is 4. The van der Waals surface area contributed by atoms with E-state index in [4.69, 9.17) is 4.42 Å². The van der Waals surface area contributed by atoms with Crippen LogP contribution in [0.4, 0.5) is 9.18 Å². The molecule has 2 aromatic rings. The molecule has 2 N–H and O–H groups in total. The largest absolute Gasteiger partial charge is 0.459 e. The predicted octanol–water partition coefficient (Wildman–Crippen LogP) is 3.03. The van der Waals surface area contributed by atoms with E-state index in [0.29, 0.717) is 11.8 Å². The predicted molar refractivity (Wildman–Crippen MR) is 117 cm³/mol. The molecule has 1 atom stereocenters. The van der Waals surface area contributed by atoms with Gasteiger partial charge in [0.25, 0.3) is 17.1 Å². The van der Waals surface area contributed by atoms with E-state index in [1.54, 1.807) is 26.0 Å². The molecule has 4 amide bonds. The Bertz CT molecular complexity index is 1050. The number of hydrogen-bond donors (Lipinski definition) is 2. The number of rotatable bonds is 8. The summed E-state index contributed by atoms with van der Waals surface area (Å²) in [6.45, 7) is 3.50. The van der Waals surface area contributed by atoms with E-state index in [1.807, 2.05) is 0 Å². The van der Waals surface area contributed by atoms with Gasteiger partial charge in [-0.05, 0) is 42.0 Å². The molecule has 0 radical (unpaired) electrons. The molecular weight excluding hydrogens is 437 g/mol. The molecule has 10 heteroatoms. The first-order valence-electron chi connectivity index (χ1n) is 9.90. The zero-order valence-electron chi connectivity index (χ0n) is 17.5. The Balaban J connectivity index is 1.57. The van der Waals surface area contributed by atoms with Gasteiger partial charge in [0, 0.05) is 18.7 Å². The second-order valence-corrected chi connectivity index (χ2v) is 8.31. The number of thioether (sulfide) groups is 1. The van der Waals surface area contributed by atoms with Crippen molar-refractivity contribution in [2.45, 2.75) is 19.9 Å². The lowest BCUT2D eigenvalue weighted by molar-refractivity contribution is -0.125. The van der Waals surface area contributed by atoms with Crippen LogP contribution in [0.2, 0.25) is 0 Å². The zero-order chi connectivity index (χ0) is 23.3. The maximum atomic E-state index is 13.8. The maximum absolute atomic E-state index is 13.8. The van der Waals surface area contributed by atoms with Crippen LogP contribution < -0.4 is 10.6 Å². The number of furan rings is 1. The number of imide groups is 1. The standard InChI is InChI=1S/C22H22FN3O5S/c1-13(2)18(25-19(27)16-8-5-11-31-16)20(28)24-9-10-26-21(29)17(32-22(26)30)12-14-6-3-4-7-15(14)23/h3-8,11-13,18H,9-10H2,1-2H3,(H,24,28)(H,25,27)/b17-12-/t18-/m0/s1. The summed E-state index contributed by atoms with van der Waals surface area (Å²) in [6.07, 6.45) is 2.69. The summed E-state index contributed by atoms with van der Waals surface area (Å²) in [5.41, 5.74) is 0.207. The lowest BCUT2D eigenvalue weighted by atomic mass is 10.0. The van der Waals surface area contributed by atoms with Crippen molar-refractivity contribution in [1.29, 1.82) is 0 Å². The Kier molecular flexibility index (Phi) is 7.47. The fraction of sp³-hybridized carbons (Fsp3) is 0.273. The van der Waals surface area contributed by atoms with E-state index in [-0.39, 0.29) is 35.2 Å². The number of benzene rings is 1. The minimum Gasteiger partial charge on any atom is -0.459 e. The van der Waals surface area contributed by atoms with Crippen LogP contribution in [0, 0.1) is 11.7 Å². The monoisotopic (exact) mass is 459 g/mol. The Morgan fingerprint density at radius 1 is 1.19 bits per heavy atom. The lowest BCUT2D eigenvalue weighted by Gasteiger charge is -2.22. The third-order valence-electron chi connectivity index (χ3n) is 4.68. The van der Waals surface area contributed by atoms with Crippen LogP contribution in [0.25, 0.3) is 6.08 Å². The minimum absolute atomic E-state index is 0.00366. The van der Waals surface area contributed by atoms with E-state index in [9.17, 15) is 23.6 Å². The highest BCUT2D eigenvalue weighted by Gasteiger charge is 2.35. The zero-order valence-corrected chi connectivity index (χ0v) is 18.3. The van der Waals surface area contributed by atoms with Crippen LogP contribution in [-0.2, 0) is 9.59 Å². The smallest absolute Gasteiger partial charge is 0.293 e. The van der Waals surface area contributed by atoms with Gasteiger partial charge < -0.3 is 15.1 Å². The molecule has 8 nitrogen and oxygen atoms in total. The summed E-state index contributed by atoms with van der Waals surface area (Å²) in [5, 5.41) is 4.75. The third kappa shape index (κ3) is 5.44. The van der Waals surface area contributed by atoms with E-state index >= 15 is 0 Å². The van der Waals surface area contributed by atoms with Crippen LogP contribution in [0.5, 0.6) is 0 Å². The highest BCUT2D eigenvalue weighted by atomic mass is 32.2. The average molecular weight is 459 g/mol. The number of carbonyl (C=O) groups is 4. The van der Waals surface area contributed by atoms with Crippen LogP contribution in [0.1, 0.15) is 30.0 Å². The molecule has 3 rings (SSSR count). The maximum Gasteiger partial charge on any atom is 0.293 e. The first kappa shape index (κ1) is 23.3. The Morgan fingerprint density at radius 3 is 2.59 bits per heavy atom. The molecular formula is C22H22FN3O5S. The van der Waals surface area contributed by atoms with Gasteiger partial charge in [0.15, 0.2) is 5.76 Å². The van der Waals surface area contributed by atoms with Crippen molar-refractivity contribution in [3.8, 4) is 0 Å². The summed E-state index contributed by atoms with van der Waals surface area (Å²) >= 11 is 0.714. The molecule has 1 aromatic carbocycles. The molecule has 0 unspecified atom stereocenters. The van der Waals surface area contributed by atoms with Gasteiger partial charge in [-0.1, -0.05) is 32.0 Å². The first-order chi connectivity index (χ1) is 15.3. The van der Waals surface area contributed by atoms with Crippen molar-refractivity contribution >= 4 is 40.8 Å². The summed E-state index contributed by atoms with van der Waals surface area (Å²) in [5.74, 6) is -2.15. The Labute approximate surface area is 188 Å². The van der Waals surface area contributed by atoms with Crippen molar-refractivity contribution in [3.63, 3.8) is 0 Å². The number of hydrogen-bond acceptors (Lipinski definition) is 6. The molecule has 1 aliphatic heterocycles. The molecule has 0 spiro atoms. The Morgan fingerprint density at radius 2 is 1.94 bits per heavy atom. The molecule has 1 aromatic heterocycles. The molecule has 0 saturated carbocycles. The van der Waals surface area contributed by atoms with Crippen molar-refractivity contribution in [2.24, 2.45) is 5.92 Å². The topological polar surface area (TPSA) is 109 Å². The van der Waals surface area contributed by atoms with Crippen LogP contribution in [0.3, 0.4) is 0 Å². The molecule has 2 heterocycles. The van der Waals surface area contributed by atoms with Gasteiger partial charge in [0.1, 0.15) is 11.9 Å². The van der Waals surface area contributed by atoms with Crippen LogP contribution in [0.15, 0.2) is 52.0 Å². The molecule has 1 fully saturated rings. The highest BCUT2D eigenvalue weighted by molar-refractivity contribution is 8.18. The van der Waals surface area contributed by atoms with Gasteiger partial charge in [-0.25, -0.2) is 4.39 Å². The fourth-order valence-corrected chi connectivity index (χ4v) is 3.84. The summed E-state index contributed by atoms with van der Waals surface area (Å²) in [6, 6.07) is 8.15. The van der Waals surface area contributed by atoms with Crippen molar-refractivity contribution in [2.75, 3.05) is 13.1 Å². The van der Waals surface area contributed by atoms with Gasteiger partial charge in [-0.2, -0.15) is 0 Å². The third-order valence-corrected chi connectivity index (χ3v) is 5.59. The van der Waals surface area contributed by atoms with Gasteiger partial charge in [0.05, 0.1) is 11.2 Å². The lowest BCUT2D eigenvalue weighted by Crippen LogP contribution is -2.51. The molecule has 0 aliphatic carbocycles. The quantitative estimate of drug-likeness (QED) is 0.588. The van der Waals surface area contributed by atoms with Crippen molar-refractivity contribution in [3.05, 3.63) is 64.7 Å². The van der Waals surface area contributed by atoms with E-state index < -0.39 is 34.8 Å². The first-order valence-corrected chi connectivity index (χ1v) is 10.7. The van der Waals surface area contributed by atoms with Crippen molar-refractivity contribution < 1.29 is 28.0 Å². The summed E-state index contributed by atoms with van der Waals surface area (Å²) in [4.78, 5) is 50.6. The van der Waals surface area contributed by atoms with Crippen molar-refractivity contribution in [1.82, 2.24) is 15.5 Å². The minimum atomic E-state index is -0.830. The summed E-state index contributed by atoms with van der Waals surface area (Å²) in [7, 11) is 0. The van der Waals surface area contributed by atoms with Gasteiger partial charge >= 0.3 is 0 Å². The number of halogens is 1. The van der Waals surface area contributed by atoms with Crippen LogP contribution in [-0.4, -0.2) is 47.0 Å². The normalized spacial score (nSPS) is 16.0. The molecule has 1 saturated heterocycles. The highest BCUT2D eigenvalue weighted by Crippen LogP contribution is 2.32. The fourth-order valence-electron chi connectivity index (χ4n) is 2.98. The van der Waals surface area contributed by atoms with Gasteiger partial charge in [-0.3, -0.25) is 24.1 Å². The van der Waals surface area contributed by atoms with Gasteiger partial charge in [-0.15, -0.1) is 0 Å². The van der Waals surface area contributed by atoms with Crippen LogP contribution >= 0.6 is 11.8 Å². The number of amides is 4. The second-order valence-electron chi connectivity index (χ2n) is 7.32. The Hall–Kier alpha value is -3.40. The number of nitrogens with zero attached hydrogens (tertiary/aromatic N) is 1. The molecule has 168 valence electrons. The molecule has 1 aliphatic rings. The van der Waals surface area contributed by atoms with E-state index in [2.05, 4.69) is 10.6 Å². The van der Waals surface area contributed by atoms with E-state index in [0.717, 1.165) is 4.90 Å². The van der Waals surface area contributed by atoms with Gasteiger partial charge in [0.2, 0.25) is 5.91 Å². The summed E-state index contributed by atoms with van der Waals surface area (Å²) < 4.78 is 18.9. The second kappa shape index (κ2) is 10.3. The molecule has 32 heavy (non-hydrogen) atoms. The molecule has 0 bridgehead atoms. The number of nitrogens with one attached hydrogen (secondary N) is 2.